The Hall–Kier alpha value is -1.59. The van der Waals surface area contributed by atoms with Gasteiger partial charge in [0.25, 0.3) is 0 Å². The molecule has 0 aliphatic carbocycles. The van der Waals surface area contributed by atoms with Crippen molar-refractivity contribution >= 4 is 11.6 Å². The maximum Gasteiger partial charge on any atom is 0.119 e. The first-order valence-corrected chi connectivity index (χ1v) is 9.38. The van der Waals surface area contributed by atoms with Crippen molar-refractivity contribution in [2.45, 2.75) is 25.5 Å². The molecule has 0 bridgehead atoms. The summed E-state index contributed by atoms with van der Waals surface area (Å²) in [6.45, 7) is 4.44. The highest BCUT2D eigenvalue weighted by Gasteiger charge is 2.12. The average Bonchev–Trinajstić information content (AvgIpc) is 2.64. The molecule has 2 aromatic rings. The predicted octanol–water partition coefficient (Wildman–Crippen LogP) is 3.85. The Balaban J connectivity index is 1.81. The molecule has 0 amide bonds. The van der Waals surface area contributed by atoms with Crippen LogP contribution in [0.3, 0.4) is 0 Å². The van der Waals surface area contributed by atoms with E-state index in [1.165, 1.54) is 5.56 Å². The smallest absolute Gasteiger partial charge is 0.119 e. The molecule has 2 rings (SSSR count). The third-order valence-electron chi connectivity index (χ3n) is 4.24. The Morgan fingerprint density at radius 1 is 1.12 bits per heavy atom. The van der Waals surface area contributed by atoms with Crippen molar-refractivity contribution in [1.29, 1.82) is 0 Å². The quantitative estimate of drug-likeness (QED) is 0.584. The van der Waals surface area contributed by atoms with Gasteiger partial charge in [0, 0.05) is 31.3 Å². The standard InChI is InChI=1S/C21H29ClN2O2/c1-16(13-17-7-9-20(10-8-17)26-12-11-23-2)24-15-21(25-3)18-5-4-6-19(22)14-18/h4-10,14,16,21,23-24H,11-13,15H2,1-3H3. The van der Waals surface area contributed by atoms with E-state index in [1.54, 1.807) is 7.11 Å². The van der Waals surface area contributed by atoms with E-state index in [9.17, 15) is 0 Å². The van der Waals surface area contributed by atoms with Crippen molar-refractivity contribution in [1.82, 2.24) is 10.6 Å². The Kier molecular flexibility index (Phi) is 8.92. The van der Waals surface area contributed by atoms with Gasteiger partial charge in [-0.2, -0.15) is 0 Å². The van der Waals surface area contributed by atoms with Crippen LogP contribution in [0.15, 0.2) is 48.5 Å². The van der Waals surface area contributed by atoms with Crippen LogP contribution in [0, 0.1) is 0 Å². The second-order valence-electron chi connectivity index (χ2n) is 6.39. The monoisotopic (exact) mass is 376 g/mol. The molecule has 0 radical (unpaired) electrons. The molecule has 0 aliphatic heterocycles. The van der Waals surface area contributed by atoms with Gasteiger partial charge in [-0.1, -0.05) is 35.9 Å². The number of methoxy groups -OCH3 is 1. The number of likely N-dealkylation sites (N-methyl/N-ethyl adjacent to an activating group) is 1. The van der Waals surface area contributed by atoms with Crippen LogP contribution in [0.25, 0.3) is 0 Å². The Morgan fingerprint density at radius 3 is 2.54 bits per heavy atom. The van der Waals surface area contributed by atoms with Crippen LogP contribution in [-0.4, -0.2) is 39.9 Å². The highest BCUT2D eigenvalue weighted by Crippen LogP contribution is 2.20. The van der Waals surface area contributed by atoms with Crippen molar-refractivity contribution in [3.63, 3.8) is 0 Å². The Labute approximate surface area is 161 Å². The van der Waals surface area contributed by atoms with Gasteiger partial charge in [-0.15, -0.1) is 0 Å². The first-order valence-electron chi connectivity index (χ1n) is 9.00. The fourth-order valence-electron chi connectivity index (χ4n) is 2.77. The van der Waals surface area contributed by atoms with Crippen molar-refractivity contribution < 1.29 is 9.47 Å². The van der Waals surface area contributed by atoms with Gasteiger partial charge in [0.1, 0.15) is 12.4 Å². The molecule has 142 valence electrons. The molecule has 2 N–H and O–H groups in total. The lowest BCUT2D eigenvalue weighted by Crippen LogP contribution is -2.32. The van der Waals surface area contributed by atoms with Gasteiger partial charge >= 0.3 is 0 Å². The second kappa shape index (κ2) is 11.2. The van der Waals surface area contributed by atoms with Crippen LogP contribution in [0.2, 0.25) is 5.02 Å². The summed E-state index contributed by atoms with van der Waals surface area (Å²) in [5.74, 6) is 0.907. The Bertz CT molecular complexity index is 649. The lowest BCUT2D eigenvalue weighted by Gasteiger charge is -2.20. The fourth-order valence-corrected chi connectivity index (χ4v) is 2.97. The third kappa shape index (κ3) is 6.96. The van der Waals surface area contributed by atoms with E-state index >= 15 is 0 Å². The zero-order chi connectivity index (χ0) is 18.8. The molecule has 0 aliphatic rings. The van der Waals surface area contributed by atoms with Crippen LogP contribution in [-0.2, 0) is 11.2 Å². The van der Waals surface area contributed by atoms with Gasteiger partial charge in [0.2, 0.25) is 0 Å². The minimum absolute atomic E-state index is 0.0147. The molecular formula is C21H29ClN2O2. The minimum Gasteiger partial charge on any atom is -0.492 e. The molecule has 4 nitrogen and oxygen atoms in total. The van der Waals surface area contributed by atoms with E-state index in [0.717, 1.165) is 35.8 Å². The maximum absolute atomic E-state index is 6.08. The Morgan fingerprint density at radius 2 is 1.88 bits per heavy atom. The largest absolute Gasteiger partial charge is 0.492 e. The first-order chi connectivity index (χ1) is 12.6. The van der Waals surface area contributed by atoms with Gasteiger partial charge in [-0.25, -0.2) is 0 Å². The number of halogens is 1. The molecule has 0 spiro atoms. The van der Waals surface area contributed by atoms with E-state index in [4.69, 9.17) is 21.1 Å². The van der Waals surface area contributed by atoms with Crippen molar-refractivity contribution in [3.05, 3.63) is 64.7 Å². The summed E-state index contributed by atoms with van der Waals surface area (Å²) in [6, 6.07) is 16.5. The highest BCUT2D eigenvalue weighted by atomic mass is 35.5. The van der Waals surface area contributed by atoms with Crippen LogP contribution in [0.1, 0.15) is 24.2 Å². The summed E-state index contributed by atoms with van der Waals surface area (Å²) < 4.78 is 11.3. The first kappa shape index (κ1) is 20.7. The van der Waals surface area contributed by atoms with Gasteiger partial charge in [0.05, 0.1) is 6.10 Å². The van der Waals surface area contributed by atoms with Crippen LogP contribution in [0.5, 0.6) is 5.75 Å². The zero-order valence-corrected chi connectivity index (χ0v) is 16.6. The number of nitrogens with one attached hydrogen (secondary N) is 2. The molecule has 0 saturated carbocycles. The van der Waals surface area contributed by atoms with Gasteiger partial charge < -0.3 is 20.1 Å². The normalized spacial score (nSPS) is 13.4. The molecule has 0 fully saturated rings. The summed E-state index contributed by atoms with van der Waals surface area (Å²) >= 11 is 6.08. The predicted molar refractivity (Wildman–Crippen MR) is 108 cm³/mol. The van der Waals surface area contributed by atoms with Gasteiger partial charge in [-0.05, 0) is 55.8 Å². The van der Waals surface area contributed by atoms with Gasteiger partial charge in [-0.3, -0.25) is 0 Å². The summed E-state index contributed by atoms with van der Waals surface area (Å²) in [5.41, 5.74) is 2.37. The minimum atomic E-state index is -0.0147. The lowest BCUT2D eigenvalue weighted by molar-refractivity contribution is 0.0999. The SMILES string of the molecule is CNCCOc1ccc(CC(C)NCC(OC)c2cccc(Cl)c2)cc1. The van der Waals surface area contributed by atoms with E-state index in [-0.39, 0.29) is 6.10 Å². The van der Waals surface area contributed by atoms with Crippen molar-refractivity contribution in [2.24, 2.45) is 0 Å². The van der Waals surface area contributed by atoms with Crippen LogP contribution >= 0.6 is 11.6 Å². The zero-order valence-electron chi connectivity index (χ0n) is 15.8. The number of hydrogen-bond acceptors (Lipinski definition) is 4. The number of hydrogen-bond donors (Lipinski definition) is 2. The molecule has 0 aromatic heterocycles. The molecule has 0 heterocycles. The topological polar surface area (TPSA) is 42.5 Å². The van der Waals surface area contributed by atoms with E-state index in [2.05, 4.69) is 29.7 Å². The maximum atomic E-state index is 6.08. The molecule has 2 atom stereocenters. The highest BCUT2D eigenvalue weighted by molar-refractivity contribution is 6.30. The third-order valence-corrected chi connectivity index (χ3v) is 4.48. The lowest BCUT2D eigenvalue weighted by atomic mass is 10.1. The summed E-state index contributed by atoms with van der Waals surface area (Å²) in [4.78, 5) is 0. The number of benzene rings is 2. The number of ether oxygens (including phenoxy) is 2. The molecule has 26 heavy (non-hydrogen) atoms. The van der Waals surface area contributed by atoms with E-state index in [1.807, 2.05) is 43.4 Å². The van der Waals surface area contributed by atoms with E-state index in [0.29, 0.717) is 12.6 Å². The molecule has 2 unspecified atom stereocenters. The van der Waals surface area contributed by atoms with Crippen LogP contribution < -0.4 is 15.4 Å². The summed E-state index contributed by atoms with van der Waals surface area (Å²) in [6.07, 6.45) is 0.932. The molecule has 5 heteroatoms. The fraction of sp³-hybridized carbons (Fsp3) is 0.429. The second-order valence-corrected chi connectivity index (χ2v) is 6.83. The average molecular weight is 377 g/mol. The molecular weight excluding hydrogens is 348 g/mol. The van der Waals surface area contributed by atoms with Gasteiger partial charge in [0.15, 0.2) is 0 Å². The van der Waals surface area contributed by atoms with Crippen molar-refractivity contribution in [2.75, 3.05) is 33.9 Å². The summed E-state index contributed by atoms with van der Waals surface area (Å²) in [5, 5.41) is 7.35. The molecule has 0 saturated heterocycles. The van der Waals surface area contributed by atoms with E-state index < -0.39 is 0 Å². The summed E-state index contributed by atoms with van der Waals surface area (Å²) in [7, 11) is 3.64. The van der Waals surface area contributed by atoms with Crippen LogP contribution in [0.4, 0.5) is 0 Å². The molecule has 2 aromatic carbocycles. The number of rotatable bonds is 11. The van der Waals surface area contributed by atoms with Crippen molar-refractivity contribution in [3.8, 4) is 5.75 Å².